The Morgan fingerprint density at radius 1 is 0.952 bits per heavy atom. The van der Waals surface area contributed by atoms with Crippen LogP contribution in [0.15, 0.2) is 0 Å². The Balaban J connectivity index is 2.09. The maximum Gasteiger partial charge on any atom is 0.113 e. The van der Waals surface area contributed by atoms with Crippen LogP contribution in [0.4, 0.5) is 0 Å². The summed E-state index contributed by atoms with van der Waals surface area (Å²) in [6.07, 6.45) is 15.5. The van der Waals surface area contributed by atoms with E-state index in [0.29, 0.717) is 0 Å². The maximum absolute atomic E-state index is 6.85. The van der Waals surface area contributed by atoms with Crippen LogP contribution in [0, 0.1) is 6.92 Å². The van der Waals surface area contributed by atoms with Crippen LogP contribution in [0.3, 0.4) is 0 Å². The van der Waals surface area contributed by atoms with Gasteiger partial charge in [0.15, 0.2) is 0 Å². The minimum absolute atomic E-state index is 0.165. The van der Waals surface area contributed by atoms with Crippen LogP contribution >= 0.6 is 11.3 Å². The van der Waals surface area contributed by atoms with Crippen molar-refractivity contribution in [3.8, 4) is 0 Å². The second-order valence-corrected chi connectivity index (χ2v) is 7.92. The molecule has 0 bridgehead atoms. The first-order chi connectivity index (χ1) is 10.2. The maximum atomic E-state index is 6.85. The van der Waals surface area contributed by atoms with E-state index in [4.69, 9.17) is 10.7 Å². The van der Waals surface area contributed by atoms with Gasteiger partial charge in [-0.2, -0.15) is 0 Å². The molecule has 120 valence electrons. The fourth-order valence-corrected chi connectivity index (χ4v) is 4.59. The summed E-state index contributed by atoms with van der Waals surface area (Å²) in [6, 6.07) is 0. The van der Waals surface area contributed by atoms with Gasteiger partial charge >= 0.3 is 0 Å². The summed E-state index contributed by atoms with van der Waals surface area (Å²) >= 11 is 1.85. The average molecular weight is 309 g/mol. The molecule has 2 N–H and O–H groups in total. The molecular weight excluding hydrogens is 276 g/mol. The van der Waals surface area contributed by atoms with Crippen molar-refractivity contribution in [1.29, 1.82) is 0 Å². The van der Waals surface area contributed by atoms with Gasteiger partial charge in [0.25, 0.3) is 0 Å². The van der Waals surface area contributed by atoms with Crippen LogP contribution in [0.2, 0.25) is 0 Å². The predicted octanol–water partition coefficient (Wildman–Crippen LogP) is 5.47. The second-order valence-electron chi connectivity index (χ2n) is 6.71. The summed E-state index contributed by atoms with van der Waals surface area (Å²) in [6.45, 7) is 4.38. The van der Waals surface area contributed by atoms with Crippen molar-refractivity contribution in [3.63, 3.8) is 0 Å². The minimum Gasteiger partial charge on any atom is -0.319 e. The molecule has 0 aromatic carbocycles. The van der Waals surface area contributed by atoms with Gasteiger partial charge in [-0.3, -0.25) is 0 Å². The largest absolute Gasteiger partial charge is 0.319 e. The number of aryl methyl sites for hydroxylation is 2. The molecule has 0 amide bonds. The zero-order valence-corrected chi connectivity index (χ0v) is 14.7. The van der Waals surface area contributed by atoms with Crippen LogP contribution in [0.5, 0.6) is 0 Å². The van der Waals surface area contributed by atoms with Crippen molar-refractivity contribution < 1.29 is 0 Å². The van der Waals surface area contributed by atoms with Gasteiger partial charge < -0.3 is 5.73 Å². The van der Waals surface area contributed by atoms with E-state index in [1.165, 1.54) is 73.4 Å². The summed E-state index contributed by atoms with van der Waals surface area (Å²) in [7, 11) is 0. The molecule has 0 radical (unpaired) electrons. The van der Waals surface area contributed by atoms with E-state index in [9.17, 15) is 0 Å². The van der Waals surface area contributed by atoms with Gasteiger partial charge in [-0.1, -0.05) is 64.7 Å². The quantitative estimate of drug-likeness (QED) is 0.786. The van der Waals surface area contributed by atoms with Crippen molar-refractivity contribution in [3.05, 3.63) is 15.6 Å². The van der Waals surface area contributed by atoms with Crippen LogP contribution in [0.25, 0.3) is 0 Å². The first-order valence-corrected chi connectivity index (χ1v) is 9.73. The number of nitrogens with two attached hydrogens (primary N) is 1. The average Bonchev–Trinajstić information content (AvgIpc) is 2.85. The topological polar surface area (TPSA) is 38.9 Å². The van der Waals surface area contributed by atoms with Gasteiger partial charge in [-0.25, -0.2) is 4.98 Å². The molecule has 0 saturated heterocycles. The highest BCUT2D eigenvalue weighted by Crippen LogP contribution is 2.35. The third kappa shape index (κ3) is 4.79. The highest BCUT2D eigenvalue weighted by atomic mass is 32.1. The van der Waals surface area contributed by atoms with Crippen LogP contribution < -0.4 is 5.73 Å². The summed E-state index contributed by atoms with van der Waals surface area (Å²) in [5.41, 5.74) is 7.94. The first kappa shape index (κ1) is 17.0. The van der Waals surface area contributed by atoms with Gasteiger partial charge in [-0.15, -0.1) is 11.3 Å². The molecule has 1 saturated carbocycles. The van der Waals surface area contributed by atoms with Gasteiger partial charge in [0, 0.05) is 4.88 Å². The lowest BCUT2D eigenvalue weighted by Crippen LogP contribution is -2.36. The number of nitrogens with zero attached hydrogens (tertiary/aromatic N) is 1. The standard InChI is InChI=1S/C18H32N2S/c1-3-16-15(2)21-17(20-16)18(19)13-11-9-7-5-4-6-8-10-12-14-18/h3-14,19H2,1-2H3. The molecule has 0 spiro atoms. The number of hydrogen-bond acceptors (Lipinski definition) is 3. The smallest absolute Gasteiger partial charge is 0.113 e. The second kappa shape index (κ2) is 8.28. The first-order valence-electron chi connectivity index (χ1n) is 8.91. The van der Waals surface area contributed by atoms with E-state index in [2.05, 4.69) is 13.8 Å². The lowest BCUT2D eigenvalue weighted by atomic mass is 9.87. The summed E-state index contributed by atoms with van der Waals surface area (Å²) in [4.78, 5) is 6.25. The molecule has 0 unspecified atom stereocenters. The van der Waals surface area contributed by atoms with Gasteiger partial charge in [-0.05, 0) is 26.2 Å². The van der Waals surface area contributed by atoms with Crippen molar-refractivity contribution in [2.75, 3.05) is 0 Å². The normalized spacial score (nSPS) is 21.5. The third-order valence-corrected chi connectivity index (χ3v) is 6.13. The molecule has 1 fully saturated rings. The summed E-state index contributed by atoms with van der Waals surface area (Å²) < 4.78 is 0. The van der Waals surface area contributed by atoms with E-state index in [0.717, 1.165) is 19.3 Å². The predicted molar refractivity (Wildman–Crippen MR) is 92.9 cm³/mol. The van der Waals surface area contributed by atoms with Gasteiger partial charge in [0.1, 0.15) is 5.01 Å². The molecule has 1 aliphatic rings. The molecule has 1 aliphatic carbocycles. The number of thiazole rings is 1. The Bertz CT molecular complexity index is 413. The van der Waals surface area contributed by atoms with Crippen molar-refractivity contribution in [2.45, 2.75) is 96.4 Å². The molecule has 21 heavy (non-hydrogen) atoms. The Hall–Kier alpha value is -0.410. The van der Waals surface area contributed by atoms with E-state index in [-0.39, 0.29) is 5.54 Å². The van der Waals surface area contributed by atoms with Crippen LogP contribution in [-0.2, 0) is 12.0 Å². The third-order valence-electron chi connectivity index (χ3n) is 4.90. The highest BCUT2D eigenvalue weighted by molar-refractivity contribution is 7.11. The minimum atomic E-state index is -0.165. The molecular formula is C18H32N2S. The summed E-state index contributed by atoms with van der Waals surface area (Å²) in [5, 5.41) is 1.20. The number of rotatable bonds is 2. The van der Waals surface area contributed by atoms with Crippen molar-refractivity contribution in [2.24, 2.45) is 5.73 Å². The fourth-order valence-electron chi connectivity index (χ4n) is 3.43. The number of hydrogen-bond donors (Lipinski definition) is 1. The Morgan fingerprint density at radius 2 is 1.43 bits per heavy atom. The lowest BCUT2D eigenvalue weighted by Gasteiger charge is -2.28. The molecule has 1 aromatic heterocycles. The SMILES string of the molecule is CCc1nc(C2(N)CCCCCCCCCCC2)sc1C. The van der Waals surface area contributed by atoms with E-state index >= 15 is 0 Å². The molecule has 0 aliphatic heterocycles. The van der Waals surface area contributed by atoms with Crippen molar-refractivity contribution >= 4 is 11.3 Å². The Labute approximate surface area is 134 Å². The van der Waals surface area contributed by atoms with E-state index in [1.54, 1.807) is 0 Å². The summed E-state index contributed by atoms with van der Waals surface area (Å²) in [5.74, 6) is 0. The van der Waals surface area contributed by atoms with E-state index in [1.807, 2.05) is 11.3 Å². The molecule has 2 nitrogen and oxygen atoms in total. The fraction of sp³-hybridized carbons (Fsp3) is 0.833. The Kier molecular flexibility index (Phi) is 6.69. The van der Waals surface area contributed by atoms with Crippen molar-refractivity contribution in [1.82, 2.24) is 4.98 Å². The zero-order valence-electron chi connectivity index (χ0n) is 13.9. The molecule has 3 heteroatoms. The molecule has 0 atom stereocenters. The number of aromatic nitrogens is 1. The zero-order chi connectivity index (χ0) is 15.1. The molecule has 2 rings (SSSR count). The van der Waals surface area contributed by atoms with E-state index < -0.39 is 0 Å². The lowest BCUT2D eigenvalue weighted by molar-refractivity contribution is 0.337. The molecule has 1 aromatic rings. The van der Waals surface area contributed by atoms with Crippen LogP contribution in [-0.4, -0.2) is 4.98 Å². The highest BCUT2D eigenvalue weighted by Gasteiger charge is 2.30. The van der Waals surface area contributed by atoms with Crippen LogP contribution in [0.1, 0.15) is 93.1 Å². The Morgan fingerprint density at radius 3 is 1.86 bits per heavy atom. The monoisotopic (exact) mass is 308 g/mol. The van der Waals surface area contributed by atoms with Gasteiger partial charge in [0.2, 0.25) is 0 Å². The molecule has 1 heterocycles. The van der Waals surface area contributed by atoms with Gasteiger partial charge in [0.05, 0.1) is 11.2 Å².